The summed E-state index contributed by atoms with van der Waals surface area (Å²) in [4.78, 5) is 0. The van der Waals surface area contributed by atoms with Crippen LogP contribution in [0.2, 0.25) is 0 Å². The van der Waals surface area contributed by atoms with E-state index in [0.29, 0.717) is 0 Å². The van der Waals surface area contributed by atoms with Gasteiger partial charge < -0.3 is 9.13 Å². The van der Waals surface area contributed by atoms with Crippen LogP contribution in [-0.2, 0) is 14.1 Å². The highest BCUT2D eigenvalue weighted by Crippen LogP contribution is 2.17. The summed E-state index contributed by atoms with van der Waals surface area (Å²) in [6.45, 7) is 0. The minimum Gasteiger partial charge on any atom is -0.343 e. The predicted molar refractivity (Wildman–Crippen MR) is 68.2 cm³/mol. The van der Waals surface area contributed by atoms with Gasteiger partial charge in [-0.3, -0.25) is 0 Å². The third-order valence-corrected chi connectivity index (χ3v) is 3.23. The van der Waals surface area contributed by atoms with E-state index in [1.165, 1.54) is 22.1 Å². The summed E-state index contributed by atoms with van der Waals surface area (Å²) in [5.41, 5.74) is 4.94. The molecule has 4 aromatic rings. The van der Waals surface area contributed by atoms with Gasteiger partial charge in [-0.25, -0.2) is 0 Å². The maximum atomic E-state index is 2.22. The van der Waals surface area contributed by atoms with E-state index in [4.69, 9.17) is 0 Å². The molecule has 0 saturated heterocycles. The summed E-state index contributed by atoms with van der Waals surface area (Å²) in [5.74, 6) is 0. The number of aromatic nitrogens is 2. The van der Waals surface area contributed by atoms with E-state index in [2.05, 4.69) is 71.8 Å². The summed E-state index contributed by atoms with van der Waals surface area (Å²) in [7, 11) is 4.21. The van der Waals surface area contributed by atoms with E-state index < -0.39 is 0 Å². The molecule has 0 fully saturated rings. The lowest BCUT2D eigenvalue weighted by molar-refractivity contribution is 0.956. The first kappa shape index (κ1) is 9.28. The van der Waals surface area contributed by atoms with Crippen molar-refractivity contribution in [3.63, 3.8) is 0 Å². The standard InChI is InChI=1S/C14H14N2/c1-15-11-7-9-12(10-8-11)16(2)14-6-4-3-5-13(14)15/h3-10H,1-2H3. The molecule has 0 aliphatic carbocycles. The molecule has 2 bridgehead atoms. The summed E-state index contributed by atoms with van der Waals surface area (Å²) >= 11 is 0. The van der Waals surface area contributed by atoms with Crippen molar-refractivity contribution in [1.82, 2.24) is 9.13 Å². The van der Waals surface area contributed by atoms with Crippen molar-refractivity contribution in [2.24, 2.45) is 14.1 Å². The van der Waals surface area contributed by atoms with Gasteiger partial charge in [-0.2, -0.15) is 0 Å². The van der Waals surface area contributed by atoms with E-state index in [1.807, 2.05) is 0 Å². The average Bonchev–Trinajstić information content (AvgIpc) is 2.36. The molecule has 2 nitrogen and oxygen atoms in total. The van der Waals surface area contributed by atoms with Crippen molar-refractivity contribution < 1.29 is 0 Å². The minimum atomic E-state index is 1.23. The van der Waals surface area contributed by atoms with Gasteiger partial charge in [-0.1, -0.05) is 12.1 Å². The van der Waals surface area contributed by atoms with E-state index in [1.54, 1.807) is 0 Å². The Kier molecular flexibility index (Phi) is 1.90. The molecule has 2 aromatic heterocycles. The molecule has 2 heterocycles. The number of fused-ring (bicyclic) bond motifs is 2. The van der Waals surface area contributed by atoms with Gasteiger partial charge in [-0.15, -0.1) is 0 Å². The molecular formula is C14H14N2. The molecule has 2 aromatic carbocycles. The summed E-state index contributed by atoms with van der Waals surface area (Å²) in [6.07, 6.45) is 0. The summed E-state index contributed by atoms with van der Waals surface area (Å²) in [6, 6.07) is 17.1. The van der Waals surface area contributed by atoms with Crippen LogP contribution in [0.5, 0.6) is 0 Å². The fourth-order valence-corrected chi connectivity index (χ4v) is 2.21. The number of rotatable bonds is 0. The lowest BCUT2D eigenvalue weighted by Crippen LogP contribution is -2.00. The van der Waals surface area contributed by atoms with Gasteiger partial charge in [0.15, 0.2) is 0 Å². The minimum absolute atomic E-state index is 1.23. The molecular weight excluding hydrogens is 196 g/mol. The van der Waals surface area contributed by atoms with Gasteiger partial charge >= 0.3 is 0 Å². The summed E-state index contributed by atoms with van der Waals surface area (Å²) in [5, 5.41) is 0. The van der Waals surface area contributed by atoms with Crippen molar-refractivity contribution >= 4 is 22.1 Å². The molecule has 0 amide bonds. The monoisotopic (exact) mass is 210 g/mol. The van der Waals surface area contributed by atoms with Crippen LogP contribution in [0.4, 0.5) is 0 Å². The summed E-state index contributed by atoms with van der Waals surface area (Å²) < 4.78 is 4.43. The van der Waals surface area contributed by atoms with Gasteiger partial charge in [0.25, 0.3) is 0 Å². The lowest BCUT2D eigenvalue weighted by Gasteiger charge is -2.12. The Morgan fingerprint density at radius 3 is 1.38 bits per heavy atom. The highest BCUT2D eigenvalue weighted by Gasteiger charge is 2.00. The maximum absolute atomic E-state index is 2.22. The maximum Gasteiger partial charge on any atom is 0.0649 e. The molecule has 0 radical (unpaired) electrons. The second kappa shape index (κ2) is 3.27. The van der Waals surface area contributed by atoms with Crippen LogP contribution in [0.15, 0.2) is 48.5 Å². The third-order valence-electron chi connectivity index (χ3n) is 3.23. The van der Waals surface area contributed by atoms with Crippen molar-refractivity contribution in [2.45, 2.75) is 0 Å². The Hall–Kier alpha value is -1.96. The van der Waals surface area contributed by atoms with Crippen LogP contribution in [0, 0.1) is 0 Å². The van der Waals surface area contributed by atoms with Crippen molar-refractivity contribution in [2.75, 3.05) is 0 Å². The number of hydrogen-bond acceptors (Lipinski definition) is 0. The third kappa shape index (κ3) is 1.20. The van der Waals surface area contributed by atoms with E-state index in [9.17, 15) is 0 Å². The van der Waals surface area contributed by atoms with Crippen LogP contribution in [0.3, 0.4) is 0 Å². The van der Waals surface area contributed by atoms with Gasteiger partial charge in [0.1, 0.15) is 0 Å². The molecule has 80 valence electrons. The molecule has 0 atom stereocenters. The van der Waals surface area contributed by atoms with Crippen molar-refractivity contribution in [3.8, 4) is 0 Å². The number of para-hydroxylation sites is 2. The predicted octanol–water partition coefficient (Wildman–Crippen LogP) is 3.23. The Morgan fingerprint density at radius 2 is 1.00 bits per heavy atom. The first-order chi connectivity index (χ1) is 7.77. The fraction of sp³-hybridized carbons (Fsp3) is 0.143. The highest BCUT2D eigenvalue weighted by molar-refractivity contribution is 5.80. The number of hydrogen-bond donors (Lipinski definition) is 0. The molecule has 0 spiro atoms. The molecule has 4 rings (SSSR count). The second-order valence-electron chi connectivity index (χ2n) is 4.12. The lowest BCUT2D eigenvalue weighted by atomic mass is 10.2. The molecule has 0 saturated carbocycles. The normalized spacial score (nSPS) is 11.1. The van der Waals surface area contributed by atoms with Gasteiger partial charge in [0.05, 0.1) is 11.0 Å². The second-order valence-corrected chi connectivity index (χ2v) is 4.12. The number of aryl methyl sites for hydroxylation is 2. The van der Waals surface area contributed by atoms with E-state index >= 15 is 0 Å². The van der Waals surface area contributed by atoms with E-state index in [0.717, 1.165) is 0 Å². The molecule has 0 unspecified atom stereocenters. The molecule has 0 N–H and O–H groups in total. The van der Waals surface area contributed by atoms with Gasteiger partial charge in [-0.05, 0) is 36.4 Å². The van der Waals surface area contributed by atoms with Crippen LogP contribution in [-0.4, -0.2) is 9.13 Å². The smallest absolute Gasteiger partial charge is 0.0649 e. The Morgan fingerprint density at radius 1 is 0.625 bits per heavy atom. The number of benzene rings is 2. The van der Waals surface area contributed by atoms with Crippen LogP contribution < -0.4 is 0 Å². The quantitative estimate of drug-likeness (QED) is 0.539. The zero-order valence-electron chi connectivity index (χ0n) is 9.51. The fourth-order valence-electron chi connectivity index (χ4n) is 2.21. The van der Waals surface area contributed by atoms with Crippen molar-refractivity contribution in [3.05, 3.63) is 48.5 Å². The number of nitrogens with zero attached hydrogens (tertiary/aromatic N) is 2. The highest BCUT2D eigenvalue weighted by atomic mass is 15.0. The zero-order valence-corrected chi connectivity index (χ0v) is 9.51. The van der Waals surface area contributed by atoms with Gasteiger partial charge in [0, 0.05) is 25.1 Å². The SMILES string of the molecule is Cn1c2ccc(cc2)n(C)c2ccccc21. The van der Waals surface area contributed by atoms with E-state index in [-0.39, 0.29) is 0 Å². The molecule has 0 aliphatic heterocycles. The Labute approximate surface area is 94.4 Å². The Bertz CT molecular complexity index is 606. The first-order valence-electron chi connectivity index (χ1n) is 5.44. The van der Waals surface area contributed by atoms with Crippen LogP contribution >= 0.6 is 0 Å². The zero-order chi connectivity index (χ0) is 11.1. The average molecular weight is 210 g/mol. The van der Waals surface area contributed by atoms with Crippen LogP contribution in [0.25, 0.3) is 22.1 Å². The molecule has 2 heteroatoms. The molecule has 0 aliphatic rings. The molecule has 16 heavy (non-hydrogen) atoms. The first-order valence-corrected chi connectivity index (χ1v) is 5.44. The Balaban J connectivity index is 2.71. The topological polar surface area (TPSA) is 9.86 Å². The van der Waals surface area contributed by atoms with Crippen LogP contribution in [0.1, 0.15) is 0 Å². The van der Waals surface area contributed by atoms with Gasteiger partial charge in [0.2, 0.25) is 0 Å². The largest absolute Gasteiger partial charge is 0.343 e. The van der Waals surface area contributed by atoms with Crippen molar-refractivity contribution in [1.29, 1.82) is 0 Å².